The normalized spacial score (nSPS) is 15.5. The first-order valence-electron chi connectivity index (χ1n) is 10.3. The van der Waals surface area contributed by atoms with Crippen LogP contribution in [0.25, 0.3) is 22.1 Å². The first-order valence-corrected chi connectivity index (χ1v) is 10.3. The van der Waals surface area contributed by atoms with Crippen molar-refractivity contribution in [2.45, 2.75) is 32.6 Å². The summed E-state index contributed by atoms with van der Waals surface area (Å²) in [6.07, 6.45) is 4.36. The molecule has 0 bridgehead atoms. The highest BCUT2D eigenvalue weighted by Crippen LogP contribution is 2.35. The molecule has 0 N–H and O–H groups in total. The Hall–Kier alpha value is -2.88. The summed E-state index contributed by atoms with van der Waals surface area (Å²) in [7, 11) is 0. The molecule has 2 aromatic heterocycles. The summed E-state index contributed by atoms with van der Waals surface area (Å²) in [5, 5.41) is 1.08. The molecule has 28 heavy (non-hydrogen) atoms. The molecule has 3 heterocycles. The lowest BCUT2D eigenvalue weighted by molar-refractivity contribution is 0.402. The zero-order valence-corrected chi connectivity index (χ0v) is 16.3. The number of hydrogen-bond acceptors (Lipinski definition) is 4. The number of rotatable bonds is 4. The summed E-state index contributed by atoms with van der Waals surface area (Å²) >= 11 is 0. The predicted octanol–water partition coefficient (Wildman–Crippen LogP) is 5.40. The molecule has 0 unspecified atom stereocenters. The Morgan fingerprint density at radius 2 is 1.71 bits per heavy atom. The number of furan rings is 1. The number of anilines is 1. The zero-order chi connectivity index (χ0) is 18.9. The van der Waals surface area contributed by atoms with Gasteiger partial charge in [-0.1, -0.05) is 49.4 Å². The second-order valence-electron chi connectivity index (χ2n) is 7.71. The third-order valence-corrected chi connectivity index (χ3v) is 5.85. The van der Waals surface area contributed by atoms with Gasteiger partial charge in [0, 0.05) is 24.9 Å². The van der Waals surface area contributed by atoms with Gasteiger partial charge in [-0.2, -0.15) is 0 Å². The molecule has 0 radical (unpaired) electrons. The number of piperidine rings is 1. The maximum atomic E-state index is 6.19. The topological polar surface area (TPSA) is 42.2 Å². The monoisotopic (exact) mass is 371 g/mol. The highest BCUT2D eigenvalue weighted by atomic mass is 16.3. The van der Waals surface area contributed by atoms with Gasteiger partial charge < -0.3 is 9.32 Å². The van der Waals surface area contributed by atoms with Crippen molar-refractivity contribution in [3.8, 4) is 0 Å². The van der Waals surface area contributed by atoms with Gasteiger partial charge in [0.1, 0.15) is 16.9 Å². The Bertz CT molecular complexity index is 1090. The summed E-state index contributed by atoms with van der Waals surface area (Å²) in [6.45, 7) is 4.15. The Morgan fingerprint density at radius 3 is 2.50 bits per heavy atom. The third-order valence-electron chi connectivity index (χ3n) is 5.85. The molecule has 1 aliphatic heterocycles. The summed E-state index contributed by atoms with van der Waals surface area (Å²) in [6, 6.07) is 19.0. The van der Waals surface area contributed by atoms with E-state index in [9.17, 15) is 0 Å². The van der Waals surface area contributed by atoms with Crippen molar-refractivity contribution in [1.29, 1.82) is 0 Å². The quantitative estimate of drug-likeness (QED) is 0.482. The SMILES string of the molecule is CCc1nc(N2CCC(Cc3ccccc3)CC2)c2oc3ccccc3c2n1. The summed E-state index contributed by atoms with van der Waals surface area (Å²) in [5.41, 5.74) is 4.11. The van der Waals surface area contributed by atoms with E-state index in [1.54, 1.807) is 0 Å². The molecule has 1 saturated heterocycles. The Morgan fingerprint density at radius 1 is 0.964 bits per heavy atom. The van der Waals surface area contributed by atoms with Gasteiger partial charge in [-0.05, 0) is 42.9 Å². The molecule has 0 amide bonds. The molecular formula is C24H25N3O. The van der Waals surface area contributed by atoms with Crippen molar-refractivity contribution in [1.82, 2.24) is 9.97 Å². The number of aryl methyl sites for hydroxylation is 1. The van der Waals surface area contributed by atoms with Crippen LogP contribution in [0.1, 0.15) is 31.2 Å². The predicted molar refractivity (Wildman–Crippen MR) is 114 cm³/mol. The third kappa shape index (κ3) is 3.13. The van der Waals surface area contributed by atoms with Crippen molar-refractivity contribution < 1.29 is 4.42 Å². The van der Waals surface area contributed by atoms with Gasteiger partial charge in [0.15, 0.2) is 11.4 Å². The van der Waals surface area contributed by atoms with Crippen molar-refractivity contribution in [2.24, 2.45) is 5.92 Å². The average molecular weight is 371 g/mol. The van der Waals surface area contributed by atoms with Gasteiger partial charge in [0.2, 0.25) is 0 Å². The molecule has 4 aromatic rings. The molecule has 0 atom stereocenters. The fraction of sp³-hybridized carbons (Fsp3) is 0.333. The standard InChI is InChI=1S/C24H25N3O/c1-2-21-25-22-19-10-6-7-11-20(19)28-23(22)24(26-21)27-14-12-18(13-15-27)16-17-8-4-3-5-9-17/h3-11,18H,2,12-16H2,1H3. The van der Waals surface area contributed by atoms with E-state index in [0.29, 0.717) is 0 Å². The lowest BCUT2D eigenvalue weighted by Crippen LogP contribution is -2.35. The number of hydrogen-bond donors (Lipinski definition) is 0. The first-order chi connectivity index (χ1) is 13.8. The molecule has 4 nitrogen and oxygen atoms in total. The second-order valence-corrected chi connectivity index (χ2v) is 7.71. The van der Waals surface area contributed by atoms with Gasteiger partial charge in [-0.25, -0.2) is 9.97 Å². The Labute approximate surface area is 165 Å². The Kier molecular flexibility index (Phi) is 4.47. The Balaban J connectivity index is 1.43. The van der Waals surface area contributed by atoms with E-state index >= 15 is 0 Å². The van der Waals surface area contributed by atoms with E-state index in [1.165, 1.54) is 24.8 Å². The van der Waals surface area contributed by atoms with Crippen molar-refractivity contribution in [3.05, 3.63) is 66.0 Å². The van der Waals surface area contributed by atoms with Gasteiger partial charge >= 0.3 is 0 Å². The number of fused-ring (bicyclic) bond motifs is 3. The zero-order valence-electron chi connectivity index (χ0n) is 16.3. The van der Waals surface area contributed by atoms with Crippen LogP contribution in [0.4, 0.5) is 5.82 Å². The van der Waals surface area contributed by atoms with Crippen LogP contribution in [0.5, 0.6) is 0 Å². The van der Waals surface area contributed by atoms with Crippen LogP contribution in [0, 0.1) is 5.92 Å². The summed E-state index contributed by atoms with van der Waals surface area (Å²) in [5.74, 6) is 2.59. The van der Waals surface area contributed by atoms with Gasteiger partial charge in [0.05, 0.1) is 0 Å². The summed E-state index contributed by atoms with van der Waals surface area (Å²) in [4.78, 5) is 12.0. The van der Waals surface area contributed by atoms with Crippen molar-refractivity contribution in [2.75, 3.05) is 18.0 Å². The largest absolute Gasteiger partial charge is 0.450 e. The van der Waals surface area contributed by atoms with Crippen LogP contribution < -0.4 is 4.90 Å². The van der Waals surface area contributed by atoms with Gasteiger partial charge in [-0.3, -0.25) is 0 Å². The van der Waals surface area contributed by atoms with Crippen LogP contribution in [0.2, 0.25) is 0 Å². The first kappa shape index (κ1) is 17.2. The molecule has 0 aliphatic carbocycles. The van der Waals surface area contributed by atoms with Gasteiger partial charge in [-0.15, -0.1) is 0 Å². The molecule has 0 spiro atoms. The van der Waals surface area contributed by atoms with Crippen LogP contribution in [-0.2, 0) is 12.8 Å². The molecular weight excluding hydrogens is 346 g/mol. The van der Waals surface area contributed by atoms with Crippen LogP contribution in [0.15, 0.2) is 59.0 Å². The fourth-order valence-electron chi connectivity index (χ4n) is 4.29. The molecule has 142 valence electrons. The fourth-order valence-corrected chi connectivity index (χ4v) is 4.29. The van der Waals surface area contributed by atoms with E-state index in [2.05, 4.69) is 48.2 Å². The minimum Gasteiger partial charge on any atom is -0.450 e. The number of nitrogens with zero attached hydrogens (tertiary/aromatic N) is 3. The second kappa shape index (κ2) is 7.27. The molecule has 1 aliphatic rings. The van der Waals surface area contributed by atoms with E-state index in [0.717, 1.165) is 59.1 Å². The number of benzene rings is 2. The lowest BCUT2D eigenvalue weighted by Gasteiger charge is -2.33. The van der Waals surface area contributed by atoms with E-state index < -0.39 is 0 Å². The van der Waals surface area contributed by atoms with Gasteiger partial charge in [0.25, 0.3) is 0 Å². The minimum absolute atomic E-state index is 0.734. The molecule has 1 fully saturated rings. The molecule has 0 saturated carbocycles. The molecule has 2 aromatic carbocycles. The van der Waals surface area contributed by atoms with Crippen LogP contribution in [-0.4, -0.2) is 23.1 Å². The van der Waals surface area contributed by atoms with Crippen molar-refractivity contribution >= 4 is 27.9 Å². The van der Waals surface area contributed by atoms with Crippen molar-refractivity contribution in [3.63, 3.8) is 0 Å². The molecule has 4 heteroatoms. The van der Waals surface area contributed by atoms with E-state index in [-0.39, 0.29) is 0 Å². The summed E-state index contributed by atoms with van der Waals surface area (Å²) < 4.78 is 6.19. The smallest absolute Gasteiger partial charge is 0.196 e. The average Bonchev–Trinajstić information content (AvgIpc) is 3.13. The highest BCUT2D eigenvalue weighted by molar-refractivity contribution is 6.05. The molecule has 5 rings (SSSR count). The minimum atomic E-state index is 0.734. The van der Waals surface area contributed by atoms with Crippen LogP contribution in [0.3, 0.4) is 0 Å². The number of aromatic nitrogens is 2. The van der Waals surface area contributed by atoms with E-state index in [4.69, 9.17) is 14.4 Å². The van der Waals surface area contributed by atoms with Crippen LogP contribution >= 0.6 is 0 Å². The van der Waals surface area contributed by atoms with E-state index in [1.807, 2.05) is 18.2 Å². The lowest BCUT2D eigenvalue weighted by atomic mass is 9.90. The maximum Gasteiger partial charge on any atom is 0.196 e. The highest BCUT2D eigenvalue weighted by Gasteiger charge is 2.25. The maximum absolute atomic E-state index is 6.19. The number of para-hydroxylation sites is 1.